The maximum Gasteiger partial charge on any atom is 0.233 e. The quantitative estimate of drug-likeness (QED) is 0.168. The molecule has 1 aliphatic heterocycles. The Kier molecular flexibility index (Phi) is 8.26. The monoisotopic (exact) mass is 556 g/mol. The second-order valence-electron chi connectivity index (χ2n) is 7.88. The minimum Gasteiger partial charge on any atom is -0.357 e. The maximum atomic E-state index is 12.7. The van der Waals surface area contributed by atoms with Gasteiger partial charge in [0.1, 0.15) is 0 Å². The summed E-state index contributed by atoms with van der Waals surface area (Å²) in [7, 11) is -1.09. The molecule has 168 valence electrons. The Morgan fingerprint density at radius 2 is 1.74 bits per heavy atom. The molecule has 31 heavy (non-hydrogen) atoms. The van der Waals surface area contributed by atoms with Crippen LogP contribution in [0, 0.1) is 23.7 Å². The fourth-order valence-corrected chi connectivity index (χ4v) is 5.70. The molecule has 5 atom stereocenters. The lowest BCUT2D eigenvalue weighted by Crippen LogP contribution is -2.43. The summed E-state index contributed by atoms with van der Waals surface area (Å²) in [4.78, 5) is 32.2. The van der Waals surface area contributed by atoms with Crippen molar-refractivity contribution in [3.63, 3.8) is 0 Å². The van der Waals surface area contributed by atoms with Crippen LogP contribution in [0.4, 0.5) is 0 Å². The molecular formula is C22H29IN4O3S. The van der Waals surface area contributed by atoms with Crippen molar-refractivity contribution in [2.24, 2.45) is 28.7 Å². The summed E-state index contributed by atoms with van der Waals surface area (Å²) in [6.07, 6.45) is 5.16. The number of amides is 2. The van der Waals surface area contributed by atoms with Crippen LogP contribution in [0.1, 0.15) is 13.3 Å². The molecule has 9 heteroatoms. The SMILES string of the molecule is CCNC(=NCCS(=O)c1ccccc1)NCCN1C(=O)C2C3C=CC(C3)C2C1=O.I. The Labute approximate surface area is 202 Å². The number of rotatable bonds is 8. The van der Waals surface area contributed by atoms with E-state index in [1.165, 1.54) is 4.90 Å². The molecule has 0 spiro atoms. The molecule has 5 unspecified atom stereocenters. The lowest BCUT2D eigenvalue weighted by Gasteiger charge is -2.18. The average molecular weight is 556 g/mol. The number of fused-ring (bicyclic) bond motifs is 5. The van der Waals surface area contributed by atoms with Gasteiger partial charge in [-0.3, -0.25) is 23.7 Å². The predicted molar refractivity (Wildman–Crippen MR) is 132 cm³/mol. The zero-order chi connectivity index (χ0) is 21.1. The number of hydrogen-bond acceptors (Lipinski definition) is 4. The van der Waals surface area contributed by atoms with Gasteiger partial charge in [-0.1, -0.05) is 30.4 Å². The van der Waals surface area contributed by atoms with Crippen molar-refractivity contribution in [2.45, 2.75) is 18.2 Å². The van der Waals surface area contributed by atoms with Gasteiger partial charge < -0.3 is 10.6 Å². The van der Waals surface area contributed by atoms with E-state index in [-0.39, 0.29) is 59.5 Å². The van der Waals surface area contributed by atoms with Crippen LogP contribution in [0.3, 0.4) is 0 Å². The molecule has 3 aliphatic rings. The second-order valence-corrected chi connectivity index (χ2v) is 9.45. The third kappa shape index (κ3) is 5.02. The Hall–Kier alpha value is -1.75. The standard InChI is InChI=1S/C22H28N4O3S.HI/c1-2-23-22(25-11-13-30(29)17-6-4-3-5-7-17)24-10-12-26-20(27)18-15-8-9-16(14-15)19(18)21(26)28;/h3-9,15-16,18-19H,2,10-14H2,1H3,(H2,23,24,25);1H. The molecule has 1 saturated carbocycles. The average Bonchev–Trinajstić information content (AvgIpc) is 3.44. The van der Waals surface area contributed by atoms with Gasteiger partial charge in [0.05, 0.1) is 29.2 Å². The van der Waals surface area contributed by atoms with E-state index in [0.717, 1.165) is 11.3 Å². The minimum atomic E-state index is -1.09. The number of guanidine groups is 1. The summed E-state index contributed by atoms with van der Waals surface area (Å²) in [6, 6.07) is 9.35. The lowest BCUT2D eigenvalue weighted by molar-refractivity contribution is -0.140. The normalized spacial score (nSPS) is 27.3. The fourth-order valence-electron chi connectivity index (χ4n) is 4.74. The predicted octanol–water partition coefficient (Wildman–Crippen LogP) is 1.77. The second kappa shape index (κ2) is 10.7. The summed E-state index contributed by atoms with van der Waals surface area (Å²) in [5.41, 5.74) is 0. The molecule has 1 aromatic carbocycles. The summed E-state index contributed by atoms with van der Waals surface area (Å²) in [6.45, 7) is 3.85. The molecule has 2 N–H and O–H groups in total. The fraction of sp³-hybridized carbons (Fsp3) is 0.500. The van der Waals surface area contributed by atoms with Gasteiger partial charge in [-0.2, -0.15) is 0 Å². The largest absolute Gasteiger partial charge is 0.357 e. The van der Waals surface area contributed by atoms with Crippen molar-refractivity contribution < 1.29 is 13.8 Å². The molecule has 2 amide bonds. The molecule has 1 heterocycles. The highest BCUT2D eigenvalue weighted by Crippen LogP contribution is 2.52. The third-order valence-electron chi connectivity index (χ3n) is 6.09. The van der Waals surface area contributed by atoms with E-state index < -0.39 is 10.8 Å². The Morgan fingerprint density at radius 3 is 2.35 bits per heavy atom. The number of nitrogens with zero attached hydrogens (tertiary/aromatic N) is 2. The van der Waals surface area contributed by atoms with Crippen LogP contribution >= 0.6 is 24.0 Å². The number of likely N-dealkylation sites (tertiary alicyclic amines) is 1. The lowest BCUT2D eigenvalue weighted by atomic mass is 9.85. The van der Waals surface area contributed by atoms with Crippen molar-refractivity contribution in [1.82, 2.24) is 15.5 Å². The number of carbonyl (C=O) groups excluding carboxylic acids is 2. The summed E-state index contributed by atoms with van der Waals surface area (Å²) in [5, 5.41) is 6.33. The highest BCUT2D eigenvalue weighted by atomic mass is 127. The minimum absolute atomic E-state index is 0. The molecule has 2 aliphatic carbocycles. The van der Waals surface area contributed by atoms with Crippen molar-refractivity contribution >= 4 is 52.6 Å². The van der Waals surface area contributed by atoms with Crippen LogP contribution in [-0.4, -0.2) is 58.8 Å². The van der Waals surface area contributed by atoms with Crippen molar-refractivity contribution in [3.8, 4) is 0 Å². The van der Waals surface area contributed by atoms with E-state index in [0.29, 0.717) is 37.9 Å². The van der Waals surface area contributed by atoms with Gasteiger partial charge in [0, 0.05) is 30.3 Å². The van der Waals surface area contributed by atoms with Gasteiger partial charge >= 0.3 is 0 Å². The summed E-state index contributed by atoms with van der Waals surface area (Å²) >= 11 is 0. The van der Waals surface area contributed by atoms with Crippen molar-refractivity contribution in [2.75, 3.05) is 31.9 Å². The van der Waals surface area contributed by atoms with Crippen LogP contribution in [0.15, 0.2) is 52.4 Å². The molecule has 7 nitrogen and oxygen atoms in total. The molecule has 2 bridgehead atoms. The molecular weight excluding hydrogens is 527 g/mol. The summed E-state index contributed by atoms with van der Waals surface area (Å²) < 4.78 is 12.3. The number of nitrogens with one attached hydrogen (secondary N) is 2. The number of benzene rings is 1. The third-order valence-corrected chi connectivity index (χ3v) is 7.44. The first-order valence-electron chi connectivity index (χ1n) is 10.6. The zero-order valence-corrected chi connectivity index (χ0v) is 20.7. The summed E-state index contributed by atoms with van der Waals surface area (Å²) in [5.74, 6) is 1.15. The Morgan fingerprint density at radius 1 is 1.10 bits per heavy atom. The van der Waals surface area contributed by atoms with Gasteiger partial charge in [0.25, 0.3) is 0 Å². The van der Waals surface area contributed by atoms with Crippen LogP contribution in [0.25, 0.3) is 0 Å². The molecule has 2 fully saturated rings. The number of carbonyl (C=O) groups is 2. The van der Waals surface area contributed by atoms with Crippen LogP contribution < -0.4 is 10.6 Å². The van der Waals surface area contributed by atoms with Crippen LogP contribution in [0.2, 0.25) is 0 Å². The molecule has 1 saturated heterocycles. The van der Waals surface area contributed by atoms with E-state index in [4.69, 9.17) is 0 Å². The highest BCUT2D eigenvalue weighted by Gasteiger charge is 2.58. The zero-order valence-electron chi connectivity index (χ0n) is 17.5. The number of aliphatic imine (C=N–C) groups is 1. The van der Waals surface area contributed by atoms with Gasteiger partial charge in [-0.05, 0) is 37.3 Å². The first kappa shape index (κ1) is 23.9. The van der Waals surface area contributed by atoms with Crippen molar-refractivity contribution in [3.05, 3.63) is 42.5 Å². The number of allylic oxidation sites excluding steroid dienone is 2. The first-order chi connectivity index (χ1) is 14.6. The Bertz CT molecular complexity index is 862. The van der Waals surface area contributed by atoms with E-state index in [2.05, 4.69) is 27.8 Å². The van der Waals surface area contributed by atoms with E-state index in [1.807, 2.05) is 37.3 Å². The van der Waals surface area contributed by atoms with Gasteiger partial charge in [0.15, 0.2) is 5.96 Å². The smallest absolute Gasteiger partial charge is 0.233 e. The molecule has 4 rings (SSSR count). The van der Waals surface area contributed by atoms with Gasteiger partial charge in [-0.25, -0.2) is 0 Å². The van der Waals surface area contributed by atoms with Crippen LogP contribution in [-0.2, 0) is 20.4 Å². The number of imide groups is 1. The highest BCUT2D eigenvalue weighted by molar-refractivity contribution is 14.0. The maximum absolute atomic E-state index is 12.7. The Balaban J connectivity index is 0.00000272. The van der Waals surface area contributed by atoms with E-state index in [9.17, 15) is 13.8 Å². The topological polar surface area (TPSA) is 90.9 Å². The molecule has 1 aromatic rings. The molecule has 0 aromatic heterocycles. The van der Waals surface area contributed by atoms with Crippen molar-refractivity contribution in [1.29, 1.82) is 0 Å². The van der Waals surface area contributed by atoms with E-state index in [1.54, 1.807) is 0 Å². The van der Waals surface area contributed by atoms with Crippen LogP contribution in [0.5, 0.6) is 0 Å². The van der Waals surface area contributed by atoms with E-state index >= 15 is 0 Å². The number of halogens is 1. The van der Waals surface area contributed by atoms with Gasteiger partial charge in [0.2, 0.25) is 11.8 Å². The number of hydrogen-bond donors (Lipinski definition) is 2. The first-order valence-corrected chi connectivity index (χ1v) is 11.9. The van der Waals surface area contributed by atoms with Gasteiger partial charge in [-0.15, -0.1) is 24.0 Å². The molecule has 0 radical (unpaired) electrons.